The number of sulfonamides is 1. The molecule has 0 saturated carbocycles. The van der Waals surface area contributed by atoms with Gasteiger partial charge in [-0.25, -0.2) is 8.42 Å². The number of hydrogen-bond acceptors (Lipinski definition) is 5. The van der Waals surface area contributed by atoms with Crippen molar-refractivity contribution in [3.63, 3.8) is 0 Å². The number of nitrogens with zero attached hydrogens (tertiary/aromatic N) is 4. The Kier molecular flexibility index (Phi) is 6.89. The van der Waals surface area contributed by atoms with Crippen LogP contribution in [0.1, 0.15) is 32.6 Å². The first-order chi connectivity index (χ1) is 13.8. The molecule has 3 rings (SSSR count). The summed E-state index contributed by atoms with van der Waals surface area (Å²) in [6.45, 7) is 4.63. The third kappa shape index (κ3) is 5.14. The molecule has 8 nitrogen and oxygen atoms in total. The molecule has 160 valence electrons. The molecule has 1 aromatic heterocycles. The molecule has 2 amide bonds. The van der Waals surface area contributed by atoms with Gasteiger partial charge in [-0.1, -0.05) is 6.92 Å². The lowest BCUT2D eigenvalue weighted by atomic mass is 9.92. The average Bonchev–Trinajstić information content (AvgIpc) is 2.74. The maximum absolute atomic E-state index is 12.7. The minimum absolute atomic E-state index is 0.0377. The second kappa shape index (κ2) is 9.21. The molecule has 29 heavy (non-hydrogen) atoms. The summed E-state index contributed by atoms with van der Waals surface area (Å²) in [5.41, 5.74) is 0. The Morgan fingerprint density at radius 2 is 1.72 bits per heavy atom. The van der Waals surface area contributed by atoms with Gasteiger partial charge in [0.1, 0.15) is 4.90 Å². The van der Waals surface area contributed by atoms with Crippen LogP contribution in [0.15, 0.2) is 29.4 Å². The van der Waals surface area contributed by atoms with Crippen molar-refractivity contribution < 1.29 is 18.0 Å². The van der Waals surface area contributed by atoms with Crippen molar-refractivity contribution in [3.05, 3.63) is 24.5 Å². The largest absolute Gasteiger partial charge is 0.342 e. The highest BCUT2D eigenvalue weighted by molar-refractivity contribution is 7.89. The number of carbonyl (C=O) groups is 2. The molecule has 1 aromatic rings. The lowest BCUT2D eigenvalue weighted by molar-refractivity contribution is -0.141. The molecule has 3 heterocycles. The van der Waals surface area contributed by atoms with Crippen LogP contribution in [-0.4, -0.2) is 79.1 Å². The maximum Gasteiger partial charge on any atom is 0.244 e. The zero-order valence-corrected chi connectivity index (χ0v) is 18.0. The van der Waals surface area contributed by atoms with E-state index in [0.717, 1.165) is 30.2 Å². The normalized spacial score (nSPS) is 19.6. The van der Waals surface area contributed by atoms with Crippen molar-refractivity contribution >= 4 is 21.8 Å². The zero-order chi connectivity index (χ0) is 21.0. The van der Waals surface area contributed by atoms with E-state index < -0.39 is 10.0 Å². The smallest absolute Gasteiger partial charge is 0.244 e. The summed E-state index contributed by atoms with van der Waals surface area (Å²) in [6, 6.07) is 3.01. The third-order valence-electron chi connectivity index (χ3n) is 5.99. The first-order valence-electron chi connectivity index (χ1n) is 10.2. The van der Waals surface area contributed by atoms with Gasteiger partial charge in [0.2, 0.25) is 21.8 Å². The molecule has 2 saturated heterocycles. The van der Waals surface area contributed by atoms with Gasteiger partial charge in [-0.05, 0) is 43.7 Å². The Balaban J connectivity index is 1.50. The van der Waals surface area contributed by atoms with Gasteiger partial charge in [0.05, 0.1) is 6.54 Å². The molecular formula is C20H30N4O4S. The van der Waals surface area contributed by atoms with Gasteiger partial charge >= 0.3 is 0 Å². The minimum Gasteiger partial charge on any atom is -0.342 e. The van der Waals surface area contributed by atoms with Crippen molar-refractivity contribution in [1.29, 1.82) is 0 Å². The molecule has 0 atom stereocenters. The maximum atomic E-state index is 12.7. The number of likely N-dealkylation sites (tertiary alicyclic amines) is 2. The Hall–Kier alpha value is -2.00. The summed E-state index contributed by atoms with van der Waals surface area (Å²) < 4.78 is 26.2. The molecule has 0 spiro atoms. The van der Waals surface area contributed by atoms with Crippen molar-refractivity contribution in [2.75, 3.05) is 39.8 Å². The van der Waals surface area contributed by atoms with Gasteiger partial charge in [0.15, 0.2) is 0 Å². The summed E-state index contributed by atoms with van der Waals surface area (Å²) >= 11 is 0. The number of aromatic nitrogens is 1. The average molecular weight is 423 g/mol. The summed E-state index contributed by atoms with van der Waals surface area (Å²) in [5.74, 6) is 0.612. The molecule has 2 aliphatic rings. The Bertz CT molecular complexity index is 814. The Labute approximate surface area is 172 Å². The topological polar surface area (TPSA) is 90.9 Å². The predicted molar refractivity (Wildman–Crippen MR) is 108 cm³/mol. The standard InChI is InChI=1S/C20H30N4O4S/c1-16-5-10-24(11-6-16)20(26)17-7-12-23(13-8-17)19(25)15-22(2)29(27,28)18-4-3-9-21-14-18/h3-4,9,14,16-17H,5-8,10-13,15H2,1-2H3. The van der Waals surface area contributed by atoms with Gasteiger partial charge in [-0.3, -0.25) is 14.6 Å². The highest BCUT2D eigenvalue weighted by Crippen LogP contribution is 2.24. The van der Waals surface area contributed by atoms with Crippen LogP contribution in [0.25, 0.3) is 0 Å². The molecule has 0 aromatic carbocycles. The first-order valence-corrected chi connectivity index (χ1v) is 11.7. The van der Waals surface area contributed by atoms with Gasteiger partial charge in [-0.15, -0.1) is 0 Å². The first kappa shape index (κ1) is 21.7. The van der Waals surface area contributed by atoms with Gasteiger partial charge in [-0.2, -0.15) is 4.31 Å². The van der Waals surface area contributed by atoms with E-state index in [1.807, 2.05) is 4.90 Å². The van der Waals surface area contributed by atoms with Crippen LogP contribution in [0.3, 0.4) is 0 Å². The van der Waals surface area contributed by atoms with E-state index in [1.165, 1.54) is 25.5 Å². The number of likely N-dealkylation sites (N-methyl/N-ethyl adjacent to an activating group) is 1. The summed E-state index contributed by atoms with van der Waals surface area (Å²) in [5, 5.41) is 0. The highest BCUT2D eigenvalue weighted by Gasteiger charge is 2.32. The Morgan fingerprint density at radius 1 is 1.10 bits per heavy atom. The lowest BCUT2D eigenvalue weighted by Gasteiger charge is -2.37. The van der Waals surface area contributed by atoms with E-state index in [2.05, 4.69) is 11.9 Å². The van der Waals surface area contributed by atoms with Gasteiger partial charge in [0.25, 0.3) is 0 Å². The number of carbonyl (C=O) groups excluding carboxylic acids is 2. The molecule has 2 fully saturated rings. The molecule has 9 heteroatoms. The number of piperidine rings is 2. The molecule has 0 aliphatic carbocycles. The number of amides is 2. The van der Waals surface area contributed by atoms with Crippen LogP contribution in [0.5, 0.6) is 0 Å². The fourth-order valence-electron chi connectivity index (χ4n) is 3.92. The minimum atomic E-state index is -3.75. The van der Waals surface area contributed by atoms with E-state index >= 15 is 0 Å². The fourth-order valence-corrected chi connectivity index (χ4v) is 5.00. The van der Waals surface area contributed by atoms with Crippen molar-refractivity contribution in [2.24, 2.45) is 11.8 Å². The van der Waals surface area contributed by atoms with E-state index in [-0.39, 0.29) is 29.2 Å². The zero-order valence-electron chi connectivity index (χ0n) is 17.2. The highest BCUT2D eigenvalue weighted by atomic mass is 32.2. The van der Waals surface area contributed by atoms with E-state index in [0.29, 0.717) is 31.8 Å². The monoisotopic (exact) mass is 422 g/mol. The molecule has 0 bridgehead atoms. The van der Waals surface area contributed by atoms with Gasteiger partial charge in [0, 0.05) is 51.5 Å². The SMILES string of the molecule is CC1CCN(C(=O)C2CCN(C(=O)CN(C)S(=O)(=O)c3cccnc3)CC2)CC1. The van der Waals surface area contributed by atoms with Crippen LogP contribution < -0.4 is 0 Å². The van der Waals surface area contributed by atoms with Crippen molar-refractivity contribution in [1.82, 2.24) is 19.1 Å². The summed E-state index contributed by atoms with van der Waals surface area (Å²) in [4.78, 5) is 32.9. The van der Waals surface area contributed by atoms with E-state index in [1.54, 1.807) is 11.0 Å². The van der Waals surface area contributed by atoms with E-state index in [4.69, 9.17) is 0 Å². The van der Waals surface area contributed by atoms with Crippen LogP contribution in [-0.2, 0) is 19.6 Å². The van der Waals surface area contributed by atoms with Gasteiger partial charge < -0.3 is 9.80 Å². The molecule has 2 aliphatic heterocycles. The third-order valence-corrected chi connectivity index (χ3v) is 7.78. The predicted octanol–water partition coefficient (Wildman–Crippen LogP) is 1.20. The summed E-state index contributed by atoms with van der Waals surface area (Å²) in [6.07, 6.45) is 6.15. The second-order valence-electron chi connectivity index (χ2n) is 8.11. The van der Waals surface area contributed by atoms with E-state index in [9.17, 15) is 18.0 Å². The molecule has 0 N–H and O–H groups in total. The second-order valence-corrected chi connectivity index (χ2v) is 10.2. The van der Waals surface area contributed by atoms with Crippen LogP contribution >= 0.6 is 0 Å². The number of hydrogen-bond donors (Lipinski definition) is 0. The van der Waals surface area contributed by atoms with Crippen LogP contribution in [0.2, 0.25) is 0 Å². The van der Waals surface area contributed by atoms with Crippen molar-refractivity contribution in [2.45, 2.75) is 37.5 Å². The van der Waals surface area contributed by atoms with Crippen molar-refractivity contribution in [3.8, 4) is 0 Å². The molecule has 0 unspecified atom stereocenters. The number of rotatable bonds is 5. The van der Waals surface area contributed by atoms with Crippen LogP contribution in [0.4, 0.5) is 0 Å². The quantitative estimate of drug-likeness (QED) is 0.711. The Morgan fingerprint density at radius 3 is 2.31 bits per heavy atom. The fraction of sp³-hybridized carbons (Fsp3) is 0.650. The summed E-state index contributed by atoms with van der Waals surface area (Å²) in [7, 11) is -2.36. The van der Waals surface area contributed by atoms with Crippen LogP contribution in [0, 0.1) is 11.8 Å². The molecular weight excluding hydrogens is 392 g/mol. The lowest BCUT2D eigenvalue weighted by Crippen LogP contribution is -2.48. The molecule has 0 radical (unpaired) electrons. The number of pyridine rings is 1.